The molecule has 2 amide bonds. The van der Waals surface area contributed by atoms with Gasteiger partial charge in [0.2, 0.25) is 5.91 Å². The van der Waals surface area contributed by atoms with Crippen LogP contribution in [0.25, 0.3) is 11.1 Å². The van der Waals surface area contributed by atoms with E-state index in [1.54, 1.807) is 11.8 Å². The number of carboxylic acid groups (broad SMARTS) is 1. The minimum atomic E-state index is -0.869. The standard InChI is InChI=1S/C28H34N2O5/c1-3-13-28(26(32)33)14-8-15-30(18-28)25(31)16-19(2)29-27(34)35-17-24-22-11-6-4-9-20(22)21-10-5-7-12-23(21)24/h4-7,9-12,19,24H,3,8,13-18H2,1-2H3,(H,29,34)(H,32,33)/t19-,28?/m1/s1. The maximum atomic E-state index is 12.9. The highest BCUT2D eigenvalue weighted by molar-refractivity contribution is 5.81. The topological polar surface area (TPSA) is 95.9 Å². The number of carbonyl (C=O) groups excluding carboxylic acids is 2. The van der Waals surface area contributed by atoms with E-state index in [9.17, 15) is 19.5 Å². The molecule has 2 aliphatic rings. The Kier molecular flexibility index (Phi) is 7.43. The monoisotopic (exact) mass is 478 g/mol. The molecule has 7 nitrogen and oxygen atoms in total. The molecule has 2 aromatic carbocycles. The molecule has 2 N–H and O–H groups in total. The molecule has 0 aromatic heterocycles. The fourth-order valence-corrected chi connectivity index (χ4v) is 5.59. The lowest BCUT2D eigenvalue weighted by molar-refractivity contribution is -0.155. The van der Waals surface area contributed by atoms with Crippen LogP contribution in [-0.4, -0.2) is 53.7 Å². The van der Waals surface area contributed by atoms with Crippen LogP contribution < -0.4 is 5.32 Å². The molecule has 1 saturated heterocycles. The van der Waals surface area contributed by atoms with E-state index in [4.69, 9.17) is 4.74 Å². The molecule has 0 saturated carbocycles. The van der Waals surface area contributed by atoms with E-state index in [-0.39, 0.29) is 31.4 Å². The number of rotatable bonds is 8. The summed E-state index contributed by atoms with van der Waals surface area (Å²) in [5, 5.41) is 12.5. The Morgan fingerprint density at radius 3 is 2.34 bits per heavy atom. The number of likely N-dealkylation sites (tertiary alicyclic amines) is 1. The van der Waals surface area contributed by atoms with Gasteiger partial charge >= 0.3 is 12.1 Å². The van der Waals surface area contributed by atoms with E-state index in [2.05, 4.69) is 29.6 Å². The van der Waals surface area contributed by atoms with E-state index in [1.165, 1.54) is 0 Å². The first-order chi connectivity index (χ1) is 16.8. The van der Waals surface area contributed by atoms with Crippen molar-refractivity contribution >= 4 is 18.0 Å². The minimum Gasteiger partial charge on any atom is -0.481 e. The Morgan fingerprint density at radius 2 is 1.74 bits per heavy atom. The van der Waals surface area contributed by atoms with Gasteiger partial charge < -0.3 is 20.1 Å². The molecule has 1 heterocycles. The summed E-state index contributed by atoms with van der Waals surface area (Å²) in [5.41, 5.74) is 3.75. The molecule has 186 valence electrons. The average molecular weight is 479 g/mol. The highest BCUT2D eigenvalue weighted by Crippen LogP contribution is 2.44. The first-order valence-corrected chi connectivity index (χ1v) is 12.5. The van der Waals surface area contributed by atoms with Crippen LogP contribution in [-0.2, 0) is 14.3 Å². The molecular weight excluding hydrogens is 444 g/mol. The van der Waals surface area contributed by atoms with Gasteiger partial charge in [0, 0.05) is 31.5 Å². The van der Waals surface area contributed by atoms with Crippen LogP contribution in [0.2, 0.25) is 0 Å². The number of alkyl carbamates (subject to hydrolysis) is 1. The molecule has 2 aromatic rings. The van der Waals surface area contributed by atoms with Crippen molar-refractivity contribution in [1.29, 1.82) is 0 Å². The van der Waals surface area contributed by atoms with Gasteiger partial charge in [0.1, 0.15) is 6.61 Å². The smallest absolute Gasteiger partial charge is 0.407 e. The van der Waals surface area contributed by atoms with Gasteiger partial charge in [-0.15, -0.1) is 0 Å². The second-order valence-corrected chi connectivity index (χ2v) is 9.83. The third-order valence-electron chi connectivity index (χ3n) is 7.30. The van der Waals surface area contributed by atoms with Crippen LogP contribution in [0.3, 0.4) is 0 Å². The summed E-state index contributed by atoms with van der Waals surface area (Å²) < 4.78 is 5.58. The zero-order chi connectivity index (χ0) is 25.0. The minimum absolute atomic E-state index is 0.0267. The normalized spacial score (nSPS) is 20.0. The largest absolute Gasteiger partial charge is 0.481 e. The lowest BCUT2D eigenvalue weighted by Gasteiger charge is -2.40. The predicted octanol–water partition coefficient (Wildman–Crippen LogP) is 4.80. The van der Waals surface area contributed by atoms with Gasteiger partial charge in [0.15, 0.2) is 0 Å². The molecule has 35 heavy (non-hydrogen) atoms. The van der Waals surface area contributed by atoms with Gasteiger partial charge in [-0.05, 0) is 48.4 Å². The van der Waals surface area contributed by atoms with Crippen LogP contribution in [0.1, 0.15) is 63.0 Å². The van der Waals surface area contributed by atoms with Gasteiger partial charge in [-0.3, -0.25) is 9.59 Å². The number of nitrogens with one attached hydrogen (secondary N) is 1. The molecule has 1 aliphatic heterocycles. The average Bonchev–Trinajstić information content (AvgIpc) is 3.16. The number of aliphatic carboxylic acids is 1. The zero-order valence-electron chi connectivity index (χ0n) is 20.5. The molecule has 4 rings (SSSR count). The Morgan fingerprint density at radius 1 is 1.11 bits per heavy atom. The molecule has 7 heteroatoms. The number of ether oxygens (including phenoxy) is 1. The summed E-state index contributed by atoms with van der Waals surface area (Å²) >= 11 is 0. The quantitative estimate of drug-likeness (QED) is 0.568. The number of amides is 2. The third kappa shape index (κ3) is 5.19. The van der Waals surface area contributed by atoms with Crippen LogP contribution in [0.15, 0.2) is 48.5 Å². The highest BCUT2D eigenvalue weighted by atomic mass is 16.5. The molecule has 0 bridgehead atoms. The number of fused-ring (bicyclic) bond motifs is 3. The number of hydrogen-bond acceptors (Lipinski definition) is 4. The van der Waals surface area contributed by atoms with Crippen molar-refractivity contribution in [3.05, 3.63) is 59.7 Å². The summed E-state index contributed by atoms with van der Waals surface area (Å²) in [5.74, 6) is -0.999. The van der Waals surface area contributed by atoms with Gasteiger partial charge in [-0.1, -0.05) is 61.9 Å². The zero-order valence-corrected chi connectivity index (χ0v) is 20.5. The maximum absolute atomic E-state index is 12.9. The van der Waals surface area contributed by atoms with Crippen molar-refractivity contribution in [3.8, 4) is 11.1 Å². The lowest BCUT2D eigenvalue weighted by Crippen LogP contribution is -2.51. The van der Waals surface area contributed by atoms with Gasteiger partial charge in [0.05, 0.1) is 5.41 Å². The molecule has 1 aliphatic carbocycles. The number of carbonyl (C=O) groups is 3. The number of nitrogens with zero attached hydrogens (tertiary/aromatic N) is 1. The van der Waals surface area contributed by atoms with Crippen LogP contribution in [0.5, 0.6) is 0 Å². The number of carboxylic acids is 1. The van der Waals surface area contributed by atoms with Crippen molar-refractivity contribution in [3.63, 3.8) is 0 Å². The summed E-state index contributed by atoms with van der Waals surface area (Å²) in [6, 6.07) is 15.9. The Balaban J connectivity index is 1.31. The summed E-state index contributed by atoms with van der Waals surface area (Å²) in [4.78, 5) is 39.0. The van der Waals surface area contributed by atoms with Crippen molar-refractivity contribution in [2.45, 2.75) is 57.9 Å². The Labute approximate surface area is 206 Å². The summed E-state index contributed by atoms with van der Waals surface area (Å²) in [6.07, 6.45) is 2.12. The number of benzene rings is 2. The number of hydrogen-bond donors (Lipinski definition) is 2. The van der Waals surface area contributed by atoms with Crippen LogP contribution in [0, 0.1) is 5.41 Å². The molecular formula is C28H34N2O5. The van der Waals surface area contributed by atoms with E-state index in [1.807, 2.05) is 31.2 Å². The molecule has 2 atom stereocenters. The van der Waals surface area contributed by atoms with Gasteiger partial charge in [0.25, 0.3) is 0 Å². The molecule has 1 unspecified atom stereocenters. The molecule has 0 spiro atoms. The van der Waals surface area contributed by atoms with Gasteiger partial charge in [-0.25, -0.2) is 4.79 Å². The van der Waals surface area contributed by atoms with E-state index in [0.717, 1.165) is 28.7 Å². The predicted molar refractivity (Wildman–Crippen MR) is 133 cm³/mol. The highest BCUT2D eigenvalue weighted by Gasteiger charge is 2.42. The lowest BCUT2D eigenvalue weighted by atomic mass is 9.76. The van der Waals surface area contributed by atoms with Crippen LogP contribution >= 0.6 is 0 Å². The summed E-state index contributed by atoms with van der Waals surface area (Å²) in [7, 11) is 0. The molecule has 1 fully saturated rings. The number of piperidine rings is 1. The van der Waals surface area contributed by atoms with Crippen molar-refractivity contribution in [2.24, 2.45) is 5.41 Å². The second kappa shape index (κ2) is 10.5. The van der Waals surface area contributed by atoms with Crippen molar-refractivity contribution in [2.75, 3.05) is 19.7 Å². The second-order valence-electron chi connectivity index (χ2n) is 9.83. The molecule has 0 radical (unpaired) electrons. The first-order valence-electron chi connectivity index (χ1n) is 12.5. The fourth-order valence-electron chi connectivity index (χ4n) is 5.59. The summed E-state index contributed by atoms with van der Waals surface area (Å²) in [6.45, 7) is 4.72. The van der Waals surface area contributed by atoms with Crippen LogP contribution in [0.4, 0.5) is 4.79 Å². The fraction of sp³-hybridized carbons (Fsp3) is 0.464. The van der Waals surface area contributed by atoms with E-state index < -0.39 is 23.5 Å². The third-order valence-corrected chi connectivity index (χ3v) is 7.30. The first kappa shape index (κ1) is 24.8. The van der Waals surface area contributed by atoms with Crippen molar-refractivity contribution in [1.82, 2.24) is 10.2 Å². The van der Waals surface area contributed by atoms with E-state index >= 15 is 0 Å². The van der Waals surface area contributed by atoms with Gasteiger partial charge in [-0.2, -0.15) is 0 Å². The maximum Gasteiger partial charge on any atom is 0.407 e. The van der Waals surface area contributed by atoms with Crippen molar-refractivity contribution < 1.29 is 24.2 Å². The SMILES string of the molecule is CCCC1(C(=O)O)CCCN(C(=O)C[C@@H](C)NC(=O)OCC2c3ccccc3-c3ccccc32)C1. The Bertz CT molecular complexity index is 1050. The Hall–Kier alpha value is -3.35. The van der Waals surface area contributed by atoms with E-state index in [0.29, 0.717) is 25.8 Å².